The molecule has 1 aliphatic rings. The fraction of sp³-hybridized carbons (Fsp3) is 0.364. The van der Waals surface area contributed by atoms with Gasteiger partial charge >= 0.3 is 12.1 Å². The highest BCUT2D eigenvalue weighted by Crippen LogP contribution is 2.44. The molecule has 0 aliphatic heterocycles. The van der Waals surface area contributed by atoms with Crippen LogP contribution in [0.2, 0.25) is 0 Å². The van der Waals surface area contributed by atoms with E-state index >= 15 is 0 Å². The van der Waals surface area contributed by atoms with Gasteiger partial charge in [0, 0.05) is 11.5 Å². The minimum Gasteiger partial charge on any atom is -0.477 e. The highest BCUT2D eigenvalue weighted by molar-refractivity contribution is 5.81. The zero-order chi connectivity index (χ0) is 21.2. The number of carbonyl (C=O) groups is 2. The van der Waals surface area contributed by atoms with Gasteiger partial charge in [-0.05, 0) is 43.0 Å². The van der Waals surface area contributed by atoms with Gasteiger partial charge in [0.1, 0.15) is 13.2 Å². The molecule has 0 fully saturated rings. The summed E-state index contributed by atoms with van der Waals surface area (Å²) in [5.74, 6) is -1.69. The predicted octanol–water partition coefficient (Wildman–Crippen LogP) is 3.11. The highest BCUT2D eigenvalue weighted by Gasteiger charge is 2.46. The van der Waals surface area contributed by atoms with E-state index in [9.17, 15) is 19.8 Å². The van der Waals surface area contributed by atoms with Crippen molar-refractivity contribution in [1.29, 1.82) is 0 Å². The second-order valence-corrected chi connectivity index (χ2v) is 8.06. The average molecular weight is 399 g/mol. The Bertz CT molecular complexity index is 874. The molecule has 7 nitrogen and oxygen atoms in total. The van der Waals surface area contributed by atoms with Crippen molar-refractivity contribution in [2.24, 2.45) is 0 Å². The van der Waals surface area contributed by atoms with Gasteiger partial charge in [0.2, 0.25) is 0 Å². The maximum Gasteiger partial charge on any atom is 0.510 e. The molecule has 0 bridgehead atoms. The van der Waals surface area contributed by atoms with Crippen LogP contribution in [-0.4, -0.2) is 46.8 Å². The summed E-state index contributed by atoms with van der Waals surface area (Å²) in [7, 11) is 0. The maximum atomic E-state index is 12.3. The van der Waals surface area contributed by atoms with Gasteiger partial charge in [0.25, 0.3) is 5.72 Å². The van der Waals surface area contributed by atoms with Crippen LogP contribution >= 0.6 is 0 Å². The lowest BCUT2D eigenvalue weighted by Gasteiger charge is -2.34. The number of carbonyl (C=O) groups excluding carboxylic acids is 1. The van der Waals surface area contributed by atoms with E-state index in [1.165, 1.54) is 0 Å². The topological polar surface area (TPSA) is 105 Å². The summed E-state index contributed by atoms with van der Waals surface area (Å²) in [6, 6.07) is 15.7. The molecule has 0 spiro atoms. The predicted molar refractivity (Wildman–Crippen MR) is 106 cm³/mol. The van der Waals surface area contributed by atoms with Gasteiger partial charge in [-0.2, -0.15) is 0 Å². The van der Waals surface area contributed by atoms with Crippen LogP contribution < -0.4 is 5.32 Å². The summed E-state index contributed by atoms with van der Waals surface area (Å²) in [6.07, 6.45) is -1.17. The summed E-state index contributed by atoms with van der Waals surface area (Å²) in [5.41, 5.74) is 1.19. The zero-order valence-corrected chi connectivity index (χ0v) is 16.6. The fourth-order valence-electron chi connectivity index (χ4n) is 3.63. The zero-order valence-electron chi connectivity index (χ0n) is 16.6. The van der Waals surface area contributed by atoms with Crippen molar-refractivity contribution in [3.63, 3.8) is 0 Å². The Morgan fingerprint density at radius 2 is 1.52 bits per heavy atom. The third kappa shape index (κ3) is 4.26. The van der Waals surface area contributed by atoms with Gasteiger partial charge in [0.05, 0.1) is 0 Å². The Morgan fingerprint density at radius 1 is 1.00 bits per heavy atom. The first kappa shape index (κ1) is 20.8. The summed E-state index contributed by atoms with van der Waals surface area (Å²) >= 11 is 0. The number of carboxylic acids is 1. The first-order valence-corrected chi connectivity index (χ1v) is 9.34. The molecule has 0 saturated carbocycles. The minimum absolute atomic E-state index is 0.0104. The van der Waals surface area contributed by atoms with Crippen molar-refractivity contribution in [3.8, 4) is 11.1 Å². The maximum absolute atomic E-state index is 12.3. The van der Waals surface area contributed by atoms with E-state index in [1.807, 2.05) is 48.5 Å². The molecule has 2 aromatic rings. The third-order valence-corrected chi connectivity index (χ3v) is 4.73. The van der Waals surface area contributed by atoms with E-state index in [0.29, 0.717) is 0 Å². The van der Waals surface area contributed by atoms with Gasteiger partial charge in [0.15, 0.2) is 0 Å². The third-order valence-electron chi connectivity index (χ3n) is 4.73. The molecule has 0 unspecified atom stereocenters. The molecule has 3 N–H and O–H groups in total. The molecular formula is C22H25NO6. The molecule has 0 amide bonds. The Hall–Kier alpha value is -2.90. The number of rotatable bonds is 6. The second-order valence-electron chi connectivity index (χ2n) is 8.06. The lowest BCUT2D eigenvalue weighted by Crippen LogP contribution is -2.63. The number of nitrogens with one attached hydrogen (secondary N) is 1. The standard InChI is InChI=1S/C22H25NO6/c1-21(2,3)23-22(13-24,19(25)26)29-20(27)28-12-18-16-10-6-4-8-14(16)15-9-5-7-11-17(15)18/h4-11,18,23-24H,12-13H2,1-3H3,(H,25,26)/t22-/m1/s1. The Morgan fingerprint density at radius 3 is 1.97 bits per heavy atom. The van der Waals surface area contributed by atoms with Crippen LogP contribution in [0.15, 0.2) is 48.5 Å². The molecule has 29 heavy (non-hydrogen) atoms. The number of ether oxygens (including phenoxy) is 2. The molecule has 2 aromatic carbocycles. The number of aliphatic carboxylic acids is 1. The Labute approximate surface area is 169 Å². The molecule has 0 aromatic heterocycles. The Balaban J connectivity index is 1.76. The molecule has 1 aliphatic carbocycles. The lowest BCUT2D eigenvalue weighted by molar-refractivity contribution is -0.174. The summed E-state index contributed by atoms with van der Waals surface area (Å²) in [4.78, 5) is 24.0. The number of hydrogen-bond donors (Lipinski definition) is 3. The van der Waals surface area contributed by atoms with Gasteiger partial charge in [-0.1, -0.05) is 48.5 Å². The minimum atomic E-state index is -2.29. The van der Waals surface area contributed by atoms with E-state index in [0.717, 1.165) is 22.3 Å². The van der Waals surface area contributed by atoms with Crippen LogP contribution in [0.1, 0.15) is 37.8 Å². The van der Waals surface area contributed by atoms with Crippen molar-refractivity contribution in [1.82, 2.24) is 5.32 Å². The number of hydrogen-bond acceptors (Lipinski definition) is 6. The van der Waals surface area contributed by atoms with E-state index in [4.69, 9.17) is 9.47 Å². The smallest absolute Gasteiger partial charge is 0.477 e. The molecule has 7 heteroatoms. The first-order valence-electron chi connectivity index (χ1n) is 9.34. The highest BCUT2D eigenvalue weighted by atomic mass is 16.7. The monoisotopic (exact) mass is 399 g/mol. The second kappa shape index (κ2) is 7.85. The number of aliphatic hydroxyl groups is 1. The van der Waals surface area contributed by atoms with Gasteiger partial charge < -0.3 is 19.7 Å². The SMILES string of the molecule is CC(C)(C)N[C@](CO)(OC(=O)OCC1c2ccccc2-c2ccccc21)C(=O)O. The summed E-state index contributed by atoms with van der Waals surface area (Å²) in [5, 5.41) is 21.8. The van der Waals surface area contributed by atoms with Crippen molar-refractivity contribution in [2.75, 3.05) is 13.2 Å². The number of fused-ring (bicyclic) bond motifs is 3. The van der Waals surface area contributed by atoms with Crippen LogP contribution in [0.4, 0.5) is 4.79 Å². The summed E-state index contributed by atoms with van der Waals surface area (Å²) < 4.78 is 10.3. The molecule has 154 valence electrons. The van der Waals surface area contributed by atoms with Crippen LogP contribution in [-0.2, 0) is 14.3 Å². The molecule has 3 rings (SSSR count). The fourth-order valence-corrected chi connectivity index (χ4v) is 3.63. The number of aliphatic hydroxyl groups excluding tert-OH is 1. The molecular weight excluding hydrogens is 374 g/mol. The Kier molecular flexibility index (Phi) is 5.64. The van der Waals surface area contributed by atoms with Gasteiger partial charge in [-0.3, -0.25) is 5.32 Å². The molecule has 0 radical (unpaired) electrons. The van der Waals surface area contributed by atoms with Crippen molar-refractivity contribution in [2.45, 2.75) is 38.0 Å². The van der Waals surface area contributed by atoms with E-state index in [1.54, 1.807) is 20.8 Å². The van der Waals surface area contributed by atoms with Crippen molar-refractivity contribution >= 4 is 12.1 Å². The normalized spacial score (nSPS) is 15.2. The molecule has 0 saturated heterocycles. The van der Waals surface area contributed by atoms with Gasteiger partial charge in [-0.15, -0.1) is 0 Å². The van der Waals surface area contributed by atoms with E-state index in [2.05, 4.69) is 5.32 Å². The number of carboxylic acid groups (broad SMARTS) is 1. The average Bonchev–Trinajstić information content (AvgIpc) is 2.98. The molecule has 0 heterocycles. The summed E-state index contributed by atoms with van der Waals surface area (Å²) in [6.45, 7) is 4.14. The van der Waals surface area contributed by atoms with Crippen LogP contribution in [0.5, 0.6) is 0 Å². The first-order chi connectivity index (χ1) is 13.7. The van der Waals surface area contributed by atoms with Crippen LogP contribution in [0.25, 0.3) is 11.1 Å². The molecule has 1 atom stereocenters. The van der Waals surface area contributed by atoms with E-state index in [-0.39, 0.29) is 12.5 Å². The largest absolute Gasteiger partial charge is 0.510 e. The van der Waals surface area contributed by atoms with Crippen molar-refractivity contribution < 1.29 is 29.3 Å². The van der Waals surface area contributed by atoms with Crippen LogP contribution in [0.3, 0.4) is 0 Å². The lowest BCUT2D eigenvalue weighted by atomic mass is 9.98. The van der Waals surface area contributed by atoms with E-state index < -0.39 is 30.0 Å². The van der Waals surface area contributed by atoms with Crippen molar-refractivity contribution in [3.05, 3.63) is 59.7 Å². The number of benzene rings is 2. The quantitative estimate of drug-likeness (QED) is 0.506. The van der Waals surface area contributed by atoms with Gasteiger partial charge in [-0.25, -0.2) is 9.59 Å². The van der Waals surface area contributed by atoms with Crippen LogP contribution in [0, 0.1) is 0 Å².